The Kier molecular flexibility index (Phi) is 3.20. The molecule has 0 amide bonds. The molecule has 3 nitrogen and oxygen atoms in total. The topological polar surface area (TPSA) is 45.9 Å². The van der Waals surface area contributed by atoms with Crippen molar-refractivity contribution in [3.05, 3.63) is 65.9 Å². The van der Waals surface area contributed by atoms with Crippen LogP contribution in [0.4, 0.5) is 8.78 Å². The Morgan fingerprint density at radius 3 is 2.67 bits per heavy atom. The van der Waals surface area contributed by atoms with Crippen LogP contribution in [0.2, 0.25) is 0 Å². The van der Waals surface area contributed by atoms with Crippen molar-refractivity contribution in [3.63, 3.8) is 0 Å². The molecule has 0 saturated heterocycles. The molecule has 0 saturated carbocycles. The van der Waals surface area contributed by atoms with Gasteiger partial charge >= 0.3 is 0 Å². The van der Waals surface area contributed by atoms with E-state index >= 15 is 0 Å². The minimum atomic E-state index is -0.834. The average Bonchev–Trinajstić information content (AvgIpc) is 2.50. The molecular formula is C16H8F2N2O. The lowest BCUT2D eigenvalue weighted by Gasteiger charge is -2.10. The van der Waals surface area contributed by atoms with E-state index in [2.05, 4.69) is 4.98 Å². The maximum absolute atomic E-state index is 13.7. The Labute approximate surface area is 119 Å². The van der Waals surface area contributed by atoms with Gasteiger partial charge in [0.2, 0.25) is 0 Å². The Morgan fingerprint density at radius 1 is 1.10 bits per heavy atom. The number of nitrogens with zero attached hydrogens (tertiary/aromatic N) is 2. The minimum absolute atomic E-state index is 0.149. The molecule has 1 heterocycles. The number of benzene rings is 2. The van der Waals surface area contributed by atoms with Gasteiger partial charge < -0.3 is 4.74 Å². The number of para-hydroxylation sites is 1. The van der Waals surface area contributed by atoms with Crippen LogP contribution in [0.5, 0.6) is 11.5 Å². The number of hydrogen-bond donors (Lipinski definition) is 0. The highest BCUT2D eigenvalue weighted by molar-refractivity contribution is 5.87. The second kappa shape index (κ2) is 5.17. The van der Waals surface area contributed by atoms with E-state index in [9.17, 15) is 8.78 Å². The number of fused-ring (bicyclic) bond motifs is 1. The lowest BCUT2D eigenvalue weighted by Crippen LogP contribution is -1.94. The molecule has 1 aromatic heterocycles. The van der Waals surface area contributed by atoms with Crippen LogP contribution < -0.4 is 4.74 Å². The molecule has 0 atom stereocenters. The third-order valence-corrected chi connectivity index (χ3v) is 2.95. The summed E-state index contributed by atoms with van der Waals surface area (Å²) in [5.74, 6) is -1.47. The van der Waals surface area contributed by atoms with Crippen molar-refractivity contribution < 1.29 is 13.5 Å². The van der Waals surface area contributed by atoms with Crippen molar-refractivity contribution >= 4 is 10.9 Å². The van der Waals surface area contributed by atoms with E-state index < -0.39 is 11.6 Å². The summed E-state index contributed by atoms with van der Waals surface area (Å²) >= 11 is 0. The Hall–Kier alpha value is -3.00. The van der Waals surface area contributed by atoms with Gasteiger partial charge in [0.15, 0.2) is 17.3 Å². The molecule has 5 heteroatoms. The van der Waals surface area contributed by atoms with Crippen molar-refractivity contribution in [2.24, 2.45) is 0 Å². The first kappa shape index (κ1) is 13.0. The number of nitriles is 1. The predicted octanol–water partition coefficient (Wildman–Crippen LogP) is 4.18. The Morgan fingerprint density at radius 2 is 1.90 bits per heavy atom. The molecule has 0 spiro atoms. The lowest BCUT2D eigenvalue weighted by molar-refractivity contribution is 0.440. The lowest BCUT2D eigenvalue weighted by atomic mass is 10.1. The van der Waals surface area contributed by atoms with E-state index in [4.69, 9.17) is 10.00 Å². The largest absolute Gasteiger partial charge is 0.452 e. The van der Waals surface area contributed by atoms with Crippen molar-refractivity contribution in [2.45, 2.75) is 0 Å². The van der Waals surface area contributed by atoms with Gasteiger partial charge in [0.25, 0.3) is 0 Å². The summed E-state index contributed by atoms with van der Waals surface area (Å²) in [5.41, 5.74) is 0.798. The summed E-state index contributed by atoms with van der Waals surface area (Å²) in [7, 11) is 0. The maximum atomic E-state index is 13.7. The number of ether oxygens (including phenoxy) is 1. The monoisotopic (exact) mass is 282 g/mol. The van der Waals surface area contributed by atoms with Gasteiger partial charge in [0, 0.05) is 17.6 Å². The first-order chi connectivity index (χ1) is 10.2. The van der Waals surface area contributed by atoms with Crippen LogP contribution in [-0.4, -0.2) is 4.98 Å². The highest BCUT2D eigenvalue weighted by atomic mass is 19.1. The summed E-state index contributed by atoms with van der Waals surface area (Å²) in [6, 6.07) is 12.0. The van der Waals surface area contributed by atoms with Gasteiger partial charge in [-0.1, -0.05) is 12.1 Å². The van der Waals surface area contributed by atoms with Gasteiger partial charge in [-0.2, -0.15) is 5.26 Å². The Balaban J connectivity index is 2.17. The zero-order valence-electron chi connectivity index (χ0n) is 10.7. The number of rotatable bonds is 2. The summed E-state index contributed by atoms with van der Waals surface area (Å²) in [6.45, 7) is 0. The van der Waals surface area contributed by atoms with Crippen molar-refractivity contribution in [1.29, 1.82) is 5.26 Å². The van der Waals surface area contributed by atoms with Gasteiger partial charge in [-0.15, -0.1) is 0 Å². The standard InChI is InChI=1S/C16H8F2N2O/c17-11-5-6-15(13(18)7-11)21-16-10(8-19)9-20-14-4-2-1-3-12(14)16/h1-7,9H. The Bertz CT molecular complexity index is 872. The van der Waals surface area contributed by atoms with Gasteiger partial charge in [0.05, 0.1) is 5.52 Å². The fourth-order valence-corrected chi connectivity index (χ4v) is 1.97. The number of hydrogen-bond acceptors (Lipinski definition) is 3. The molecule has 0 radical (unpaired) electrons. The van der Waals surface area contributed by atoms with Crippen LogP contribution in [0.3, 0.4) is 0 Å². The van der Waals surface area contributed by atoms with Crippen molar-refractivity contribution in [2.75, 3.05) is 0 Å². The SMILES string of the molecule is N#Cc1cnc2ccccc2c1Oc1ccc(F)cc1F. The molecule has 0 unspecified atom stereocenters. The molecule has 102 valence electrons. The van der Waals surface area contributed by atoms with E-state index in [-0.39, 0.29) is 17.1 Å². The van der Waals surface area contributed by atoms with Crippen LogP contribution in [0.1, 0.15) is 5.56 Å². The van der Waals surface area contributed by atoms with Crippen LogP contribution in [0.15, 0.2) is 48.7 Å². The zero-order chi connectivity index (χ0) is 14.8. The first-order valence-corrected chi connectivity index (χ1v) is 6.10. The molecule has 0 aliphatic carbocycles. The molecule has 0 N–H and O–H groups in total. The van der Waals surface area contributed by atoms with E-state index in [0.717, 1.165) is 12.1 Å². The smallest absolute Gasteiger partial charge is 0.168 e. The predicted molar refractivity (Wildman–Crippen MR) is 72.9 cm³/mol. The third-order valence-electron chi connectivity index (χ3n) is 2.95. The number of pyridine rings is 1. The molecule has 3 rings (SSSR count). The highest BCUT2D eigenvalue weighted by Gasteiger charge is 2.13. The van der Waals surface area contributed by atoms with Gasteiger partial charge in [-0.05, 0) is 24.3 Å². The second-order valence-corrected chi connectivity index (χ2v) is 4.31. The van der Waals surface area contributed by atoms with Crippen LogP contribution >= 0.6 is 0 Å². The second-order valence-electron chi connectivity index (χ2n) is 4.31. The summed E-state index contributed by atoms with van der Waals surface area (Å²) in [5, 5.41) is 9.73. The molecule has 0 aliphatic heterocycles. The van der Waals surface area contributed by atoms with Crippen LogP contribution in [0.25, 0.3) is 10.9 Å². The summed E-state index contributed by atoms with van der Waals surface area (Å²) in [6.07, 6.45) is 1.36. The average molecular weight is 282 g/mol. The number of aromatic nitrogens is 1. The highest BCUT2D eigenvalue weighted by Crippen LogP contribution is 2.33. The van der Waals surface area contributed by atoms with E-state index in [0.29, 0.717) is 10.9 Å². The fourth-order valence-electron chi connectivity index (χ4n) is 1.97. The molecule has 0 fully saturated rings. The third kappa shape index (κ3) is 2.39. The van der Waals surface area contributed by atoms with E-state index in [1.807, 2.05) is 6.07 Å². The molecule has 3 aromatic rings. The summed E-state index contributed by atoms with van der Waals surface area (Å²) in [4.78, 5) is 4.13. The van der Waals surface area contributed by atoms with Gasteiger partial charge in [-0.3, -0.25) is 4.98 Å². The summed E-state index contributed by atoms with van der Waals surface area (Å²) < 4.78 is 32.1. The maximum Gasteiger partial charge on any atom is 0.168 e. The van der Waals surface area contributed by atoms with Gasteiger partial charge in [0.1, 0.15) is 17.4 Å². The molecular weight excluding hydrogens is 274 g/mol. The van der Waals surface area contributed by atoms with Crippen molar-refractivity contribution in [3.8, 4) is 17.6 Å². The van der Waals surface area contributed by atoms with E-state index in [1.165, 1.54) is 12.3 Å². The fraction of sp³-hybridized carbons (Fsp3) is 0. The molecule has 0 bridgehead atoms. The quantitative estimate of drug-likeness (QED) is 0.708. The normalized spacial score (nSPS) is 10.3. The van der Waals surface area contributed by atoms with Crippen molar-refractivity contribution in [1.82, 2.24) is 4.98 Å². The number of halogens is 2. The molecule has 0 aliphatic rings. The van der Waals surface area contributed by atoms with Gasteiger partial charge in [-0.25, -0.2) is 8.78 Å². The molecule has 21 heavy (non-hydrogen) atoms. The minimum Gasteiger partial charge on any atom is -0.452 e. The van der Waals surface area contributed by atoms with Crippen LogP contribution in [0, 0.1) is 23.0 Å². The van der Waals surface area contributed by atoms with E-state index in [1.54, 1.807) is 24.3 Å². The van der Waals surface area contributed by atoms with Crippen LogP contribution in [-0.2, 0) is 0 Å². The zero-order valence-corrected chi connectivity index (χ0v) is 10.7. The first-order valence-electron chi connectivity index (χ1n) is 6.10. The molecule has 2 aromatic carbocycles.